The topological polar surface area (TPSA) is 58.9 Å². The van der Waals surface area contributed by atoms with Gasteiger partial charge in [-0.2, -0.15) is 0 Å². The molecule has 0 bridgehead atoms. The van der Waals surface area contributed by atoms with Gasteiger partial charge in [-0.3, -0.25) is 0 Å². The van der Waals surface area contributed by atoms with Gasteiger partial charge >= 0.3 is 0 Å². The lowest BCUT2D eigenvalue weighted by atomic mass is 9.83. The summed E-state index contributed by atoms with van der Waals surface area (Å²) in [5, 5.41) is 18.6. The Kier molecular flexibility index (Phi) is 8.00. The van der Waals surface area contributed by atoms with Gasteiger partial charge in [-0.05, 0) is 86.0 Å². The Morgan fingerprint density at radius 2 is 1.12 bits per heavy atom. The van der Waals surface area contributed by atoms with E-state index in [0.29, 0.717) is 0 Å². The minimum atomic E-state index is -0.101. The summed E-state index contributed by atoms with van der Waals surface area (Å²) in [6.45, 7) is 13.7. The van der Waals surface area contributed by atoms with E-state index in [0.717, 1.165) is 29.0 Å². The predicted octanol–water partition coefficient (Wildman–Crippen LogP) is 7.93. The van der Waals surface area contributed by atoms with Crippen molar-refractivity contribution in [3.8, 4) is 44.9 Å². The highest BCUT2D eigenvalue weighted by Crippen LogP contribution is 2.46. The van der Waals surface area contributed by atoms with Crippen LogP contribution >= 0.6 is 0 Å². The van der Waals surface area contributed by atoms with Crippen molar-refractivity contribution in [1.82, 2.24) is 0 Å². The molecular formula is C37H42O4. The second-order valence-corrected chi connectivity index (χ2v) is 13.0. The van der Waals surface area contributed by atoms with Crippen LogP contribution in [0.4, 0.5) is 0 Å². The summed E-state index contributed by atoms with van der Waals surface area (Å²) in [6, 6.07) is 26.3. The third kappa shape index (κ3) is 5.91. The van der Waals surface area contributed by atoms with Gasteiger partial charge in [-0.25, -0.2) is 0 Å². The maximum absolute atomic E-state index is 9.30. The minimum absolute atomic E-state index is 0.00213. The fourth-order valence-corrected chi connectivity index (χ4v) is 5.82. The quantitative estimate of drug-likeness (QED) is 0.206. The van der Waals surface area contributed by atoms with E-state index in [4.69, 9.17) is 9.47 Å². The molecule has 5 rings (SSSR count). The first-order valence-corrected chi connectivity index (χ1v) is 14.5. The van der Waals surface area contributed by atoms with E-state index in [-0.39, 0.29) is 37.3 Å². The van der Waals surface area contributed by atoms with E-state index in [1.807, 2.05) is 12.1 Å². The Hall–Kier alpha value is -3.60. The monoisotopic (exact) mass is 550 g/mol. The molecule has 0 atom stereocenters. The van der Waals surface area contributed by atoms with E-state index in [9.17, 15) is 10.2 Å². The summed E-state index contributed by atoms with van der Waals surface area (Å²) in [5.41, 5.74) is 12.1. The van der Waals surface area contributed by atoms with Crippen molar-refractivity contribution in [1.29, 1.82) is 0 Å². The second-order valence-electron chi connectivity index (χ2n) is 13.0. The number of ether oxygens (including phenoxy) is 2. The first kappa shape index (κ1) is 28.9. The van der Waals surface area contributed by atoms with Gasteiger partial charge < -0.3 is 19.7 Å². The first-order chi connectivity index (χ1) is 19.5. The largest absolute Gasteiger partial charge is 0.491 e. The highest BCUT2D eigenvalue weighted by atomic mass is 16.5. The number of hydrogen-bond acceptors (Lipinski definition) is 4. The Labute approximate surface area is 244 Å². The van der Waals surface area contributed by atoms with Crippen LogP contribution in [-0.2, 0) is 17.3 Å². The van der Waals surface area contributed by atoms with Crippen LogP contribution in [0.5, 0.6) is 11.5 Å². The highest BCUT2D eigenvalue weighted by molar-refractivity contribution is 5.91. The zero-order valence-corrected chi connectivity index (χ0v) is 25.2. The summed E-state index contributed by atoms with van der Waals surface area (Å²) in [6.07, 6.45) is 0.903. The summed E-state index contributed by atoms with van der Waals surface area (Å²) < 4.78 is 11.8. The summed E-state index contributed by atoms with van der Waals surface area (Å²) in [5.74, 6) is 1.66. The lowest BCUT2D eigenvalue weighted by molar-refractivity contribution is 0.199. The van der Waals surface area contributed by atoms with E-state index in [1.165, 1.54) is 44.5 Å². The molecule has 4 heteroatoms. The third-order valence-corrected chi connectivity index (χ3v) is 7.82. The first-order valence-electron chi connectivity index (χ1n) is 14.5. The normalized spacial score (nSPS) is 12.7. The summed E-state index contributed by atoms with van der Waals surface area (Å²) >= 11 is 0. The van der Waals surface area contributed by atoms with Crippen molar-refractivity contribution in [3.63, 3.8) is 0 Å². The molecule has 1 aliphatic rings. The average molecular weight is 551 g/mol. The second kappa shape index (κ2) is 11.3. The number of fused-ring (bicyclic) bond motifs is 3. The number of aliphatic hydroxyl groups excluding tert-OH is 2. The maximum atomic E-state index is 9.30. The van der Waals surface area contributed by atoms with Gasteiger partial charge in [0, 0.05) is 11.1 Å². The zero-order valence-electron chi connectivity index (χ0n) is 25.2. The maximum Gasteiger partial charge on any atom is 0.123 e. The average Bonchev–Trinajstić information content (AvgIpc) is 3.32. The van der Waals surface area contributed by atoms with Gasteiger partial charge in [0.1, 0.15) is 24.7 Å². The van der Waals surface area contributed by atoms with Crippen LogP contribution in [0.3, 0.4) is 0 Å². The van der Waals surface area contributed by atoms with E-state index < -0.39 is 0 Å². The summed E-state index contributed by atoms with van der Waals surface area (Å²) in [4.78, 5) is 0. The third-order valence-electron chi connectivity index (χ3n) is 7.82. The van der Waals surface area contributed by atoms with Crippen LogP contribution in [0.15, 0.2) is 72.8 Å². The predicted molar refractivity (Wildman–Crippen MR) is 168 cm³/mol. The van der Waals surface area contributed by atoms with E-state index in [1.54, 1.807) is 0 Å². The van der Waals surface area contributed by atoms with Crippen molar-refractivity contribution < 1.29 is 19.7 Å². The lowest BCUT2D eigenvalue weighted by Gasteiger charge is -2.24. The SMILES string of the molecule is CC(C)(C)c1cc(-c2ccc3c(c2)Cc2cccc(-c4ccc(OCCO)c(C(C)(C)C)c4)c2-3)ccc1OCCO. The van der Waals surface area contributed by atoms with Gasteiger partial charge in [0.15, 0.2) is 0 Å². The molecule has 0 fully saturated rings. The fraction of sp³-hybridized carbons (Fsp3) is 0.351. The Bertz CT molecular complexity index is 1550. The standard InChI is InChI=1S/C37H42O4/c1-36(2,3)31-22-25(11-14-33(31)40-18-16-38)24-10-13-30-28(20-24)21-27-8-7-9-29(35(27)30)26-12-15-34(41-19-17-39)32(23-26)37(4,5)6/h7-15,20,22-23,38-39H,16-19,21H2,1-6H3. The molecule has 2 N–H and O–H groups in total. The van der Waals surface area contributed by atoms with Crippen molar-refractivity contribution in [2.24, 2.45) is 0 Å². The van der Waals surface area contributed by atoms with Crippen LogP contribution in [0.2, 0.25) is 0 Å². The van der Waals surface area contributed by atoms with Crippen LogP contribution in [0, 0.1) is 0 Å². The summed E-state index contributed by atoms with van der Waals surface area (Å²) in [7, 11) is 0. The molecule has 0 aromatic heterocycles. The molecule has 214 valence electrons. The molecule has 41 heavy (non-hydrogen) atoms. The molecule has 0 saturated heterocycles. The molecule has 0 amide bonds. The van der Waals surface area contributed by atoms with E-state index >= 15 is 0 Å². The Morgan fingerprint density at radius 3 is 1.71 bits per heavy atom. The van der Waals surface area contributed by atoms with Crippen molar-refractivity contribution in [2.75, 3.05) is 26.4 Å². The molecule has 0 saturated carbocycles. The molecule has 0 radical (unpaired) electrons. The molecule has 1 aliphatic carbocycles. The van der Waals surface area contributed by atoms with Crippen LogP contribution < -0.4 is 9.47 Å². The van der Waals surface area contributed by atoms with E-state index in [2.05, 4.69) is 102 Å². The van der Waals surface area contributed by atoms with Crippen LogP contribution in [0.25, 0.3) is 33.4 Å². The number of rotatable bonds is 8. The number of benzene rings is 4. The smallest absolute Gasteiger partial charge is 0.123 e. The van der Waals surface area contributed by atoms with Crippen LogP contribution in [-0.4, -0.2) is 36.6 Å². The van der Waals surface area contributed by atoms with Gasteiger partial charge in [0.2, 0.25) is 0 Å². The molecule has 0 spiro atoms. The molecule has 0 aliphatic heterocycles. The molecule has 0 heterocycles. The van der Waals surface area contributed by atoms with Gasteiger partial charge in [0.05, 0.1) is 13.2 Å². The van der Waals surface area contributed by atoms with Gasteiger partial charge in [-0.1, -0.05) is 90.1 Å². The van der Waals surface area contributed by atoms with Crippen molar-refractivity contribution in [3.05, 3.63) is 95.1 Å². The lowest BCUT2D eigenvalue weighted by Crippen LogP contribution is -2.15. The zero-order chi connectivity index (χ0) is 29.4. The molecule has 4 aromatic carbocycles. The van der Waals surface area contributed by atoms with Gasteiger partial charge in [-0.15, -0.1) is 0 Å². The Morgan fingerprint density at radius 1 is 0.585 bits per heavy atom. The van der Waals surface area contributed by atoms with Gasteiger partial charge in [0.25, 0.3) is 0 Å². The van der Waals surface area contributed by atoms with Crippen LogP contribution in [0.1, 0.15) is 63.8 Å². The number of hydrogen-bond donors (Lipinski definition) is 2. The molecule has 4 nitrogen and oxygen atoms in total. The molecule has 0 unspecified atom stereocenters. The van der Waals surface area contributed by atoms with Crippen molar-refractivity contribution in [2.45, 2.75) is 58.8 Å². The molecule has 4 aromatic rings. The minimum Gasteiger partial charge on any atom is -0.491 e. The Balaban J connectivity index is 1.54. The fourth-order valence-electron chi connectivity index (χ4n) is 5.82. The number of aliphatic hydroxyl groups is 2. The van der Waals surface area contributed by atoms with Crippen molar-refractivity contribution >= 4 is 0 Å². The molecular weight excluding hydrogens is 508 g/mol. The highest BCUT2D eigenvalue weighted by Gasteiger charge is 2.26.